The molecule has 1 unspecified atom stereocenters. The zero-order valence-electron chi connectivity index (χ0n) is 9.63. The lowest BCUT2D eigenvalue weighted by Gasteiger charge is -2.34. The van der Waals surface area contributed by atoms with E-state index in [1.165, 1.54) is 4.90 Å². The molecule has 0 aromatic rings. The first-order chi connectivity index (χ1) is 8.15. The molecular weight excluding hydrogens is 228 g/mol. The monoisotopic (exact) mass is 246 g/mol. The number of amides is 1. The number of ether oxygens (including phenoxy) is 2. The molecule has 1 aliphatic rings. The third kappa shape index (κ3) is 4.68. The van der Waals surface area contributed by atoms with E-state index in [4.69, 9.17) is 20.3 Å². The van der Waals surface area contributed by atoms with Gasteiger partial charge in [-0.2, -0.15) is 0 Å². The molecule has 3 N–H and O–H groups in total. The Balaban J connectivity index is 2.45. The summed E-state index contributed by atoms with van der Waals surface area (Å²) in [6, 6.07) is -0.407. The first kappa shape index (κ1) is 13.9. The Hall–Kier alpha value is -1.18. The van der Waals surface area contributed by atoms with E-state index in [0.717, 1.165) is 0 Å². The molecule has 1 saturated heterocycles. The highest BCUT2D eigenvalue weighted by Gasteiger charge is 2.28. The topological polar surface area (TPSA) is 102 Å². The zero-order chi connectivity index (χ0) is 12.7. The SMILES string of the molecule is NCCOCC(=O)N1CCOCC1CC(=O)O. The van der Waals surface area contributed by atoms with Crippen LogP contribution in [0.25, 0.3) is 0 Å². The van der Waals surface area contributed by atoms with Gasteiger partial charge in [-0.3, -0.25) is 9.59 Å². The van der Waals surface area contributed by atoms with E-state index < -0.39 is 12.0 Å². The fraction of sp³-hybridized carbons (Fsp3) is 0.800. The van der Waals surface area contributed by atoms with Crippen LogP contribution in [0.5, 0.6) is 0 Å². The Morgan fingerprint density at radius 3 is 2.94 bits per heavy atom. The molecule has 17 heavy (non-hydrogen) atoms. The van der Waals surface area contributed by atoms with Gasteiger partial charge >= 0.3 is 5.97 Å². The number of hydrogen-bond acceptors (Lipinski definition) is 5. The van der Waals surface area contributed by atoms with Crippen LogP contribution >= 0.6 is 0 Å². The van der Waals surface area contributed by atoms with Gasteiger partial charge in [-0.25, -0.2) is 0 Å². The summed E-state index contributed by atoms with van der Waals surface area (Å²) in [6.07, 6.45) is -0.109. The van der Waals surface area contributed by atoms with E-state index in [1.54, 1.807) is 0 Å². The number of nitrogens with two attached hydrogens (primary N) is 1. The maximum atomic E-state index is 11.8. The fourth-order valence-electron chi connectivity index (χ4n) is 1.68. The summed E-state index contributed by atoms with van der Waals surface area (Å²) in [6.45, 7) is 1.71. The number of carbonyl (C=O) groups excluding carboxylic acids is 1. The van der Waals surface area contributed by atoms with Gasteiger partial charge in [-0.1, -0.05) is 0 Å². The lowest BCUT2D eigenvalue weighted by Crippen LogP contribution is -2.50. The number of hydrogen-bond donors (Lipinski definition) is 2. The minimum atomic E-state index is -0.943. The number of rotatable bonds is 6. The molecule has 0 bridgehead atoms. The zero-order valence-corrected chi connectivity index (χ0v) is 9.63. The van der Waals surface area contributed by atoms with E-state index in [9.17, 15) is 9.59 Å². The van der Waals surface area contributed by atoms with E-state index in [2.05, 4.69) is 0 Å². The molecule has 1 aliphatic heterocycles. The van der Waals surface area contributed by atoms with Crippen LogP contribution in [0, 0.1) is 0 Å². The lowest BCUT2D eigenvalue weighted by molar-refractivity contribution is -0.149. The molecule has 0 aromatic carbocycles. The highest BCUT2D eigenvalue weighted by atomic mass is 16.5. The molecular formula is C10H18N2O5. The summed E-state index contributed by atoms with van der Waals surface area (Å²) >= 11 is 0. The van der Waals surface area contributed by atoms with Crippen LogP contribution in [-0.4, -0.2) is 67.4 Å². The summed E-state index contributed by atoms with van der Waals surface area (Å²) in [5.41, 5.74) is 5.24. The second kappa shape index (κ2) is 7.21. The predicted molar refractivity (Wildman–Crippen MR) is 58.4 cm³/mol. The number of carboxylic acids is 1. The third-order valence-corrected chi connectivity index (χ3v) is 2.45. The Bertz CT molecular complexity index is 271. The van der Waals surface area contributed by atoms with Crippen molar-refractivity contribution in [2.24, 2.45) is 5.73 Å². The van der Waals surface area contributed by atoms with Crippen molar-refractivity contribution in [1.29, 1.82) is 0 Å². The molecule has 1 rings (SSSR count). The molecule has 0 saturated carbocycles. The van der Waals surface area contributed by atoms with E-state index in [1.807, 2.05) is 0 Å². The van der Waals surface area contributed by atoms with Crippen LogP contribution in [0.15, 0.2) is 0 Å². The number of nitrogens with zero attached hydrogens (tertiary/aromatic N) is 1. The number of carbonyl (C=O) groups is 2. The Morgan fingerprint density at radius 1 is 1.53 bits per heavy atom. The van der Waals surface area contributed by atoms with Crippen LogP contribution in [-0.2, 0) is 19.1 Å². The molecule has 0 spiro atoms. The molecule has 7 nitrogen and oxygen atoms in total. The van der Waals surface area contributed by atoms with Crippen molar-refractivity contribution in [1.82, 2.24) is 4.90 Å². The van der Waals surface area contributed by atoms with Crippen molar-refractivity contribution in [3.63, 3.8) is 0 Å². The predicted octanol–water partition coefficient (Wildman–Crippen LogP) is -1.34. The summed E-state index contributed by atoms with van der Waals surface area (Å²) in [5.74, 6) is -1.16. The van der Waals surface area contributed by atoms with E-state index in [0.29, 0.717) is 26.3 Å². The smallest absolute Gasteiger partial charge is 0.305 e. The summed E-state index contributed by atoms with van der Waals surface area (Å²) < 4.78 is 10.2. The molecule has 0 radical (unpaired) electrons. The Morgan fingerprint density at radius 2 is 2.29 bits per heavy atom. The van der Waals surface area contributed by atoms with E-state index >= 15 is 0 Å². The largest absolute Gasteiger partial charge is 0.481 e. The third-order valence-electron chi connectivity index (χ3n) is 2.45. The van der Waals surface area contributed by atoms with Gasteiger partial charge < -0.3 is 25.2 Å². The van der Waals surface area contributed by atoms with Crippen LogP contribution in [0.3, 0.4) is 0 Å². The molecule has 1 amide bonds. The Labute approximate surface area is 99.5 Å². The van der Waals surface area contributed by atoms with Crippen molar-refractivity contribution in [3.05, 3.63) is 0 Å². The van der Waals surface area contributed by atoms with Gasteiger partial charge in [0.15, 0.2) is 0 Å². The van der Waals surface area contributed by atoms with Gasteiger partial charge in [-0.05, 0) is 0 Å². The van der Waals surface area contributed by atoms with Gasteiger partial charge in [0.05, 0.1) is 32.3 Å². The minimum Gasteiger partial charge on any atom is -0.481 e. The van der Waals surface area contributed by atoms with Crippen LogP contribution in [0.1, 0.15) is 6.42 Å². The fourth-order valence-corrected chi connectivity index (χ4v) is 1.68. The van der Waals surface area contributed by atoms with Crippen molar-refractivity contribution in [2.45, 2.75) is 12.5 Å². The van der Waals surface area contributed by atoms with Crippen LogP contribution in [0.4, 0.5) is 0 Å². The van der Waals surface area contributed by atoms with Gasteiger partial charge in [0.25, 0.3) is 0 Å². The molecule has 1 fully saturated rings. The maximum absolute atomic E-state index is 11.8. The number of carboxylic acid groups (broad SMARTS) is 1. The second-order valence-corrected chi connectivity index (χ2v) is 3.75. The Kier molecular flexibility index (Phi) is 5.88. The van der Waals surface area contributed by atoms with E-state index in [-0.39, 0.29) is 25.5 Å². The lowest BCUT2D eigenvalue weighted by atomic mass is 10.1. The van der Waals surface area contributed by atoms with Crippen LogP contribution in [0.2, 0.25) is 0 Å². The van der Waals surface area contributed by atoms with Gasteiger partial charge in [-0.15, -0.1) is 0 Å². The van der Waals surface area contributed by atoms with Crippen molar-refractivity contribution >= 4 is 11.9 Å². The molecule has 7 heteroatoms. The van der Waals surface area contributed by atoms with Crippen molar-refractivity contribution < 1.29 is 24.2 Å². The first-order valence-corrected chi connectivity index (χ1v) is 5.52. The molecule has 1 heterocycles. The van der Waals surface area contributed by atoms with Gasteiger partial charge in [0.1, 0.15) is 6.61 Å². The quantitative estimate of drug-likeness (QED) is 0.563. The normalized spacial score (nSPS) is 20.3. The average Bonchev–Trinajstić information content (AvgIpc) is 2.29. The second-order valence-electron chi connectivity index (χ2n) is 3.75. The number of morpholine rings is 1. The average molecular weight is 246 g/mol. The van der Waals surface area contributed by atoms with Crippen molar-refractivity contribution in [2.75, 3.05) is 39.5 Å². The van der Waals surface area contributed by atoms with Crippen molar-refractivity contribution in [3.8, 4) is 0 Å². The maximum Gasteiger partial charge on any atom is 0.305 e. The summed E-state index contributed by atoms with van der Waals surface area (Å²) in [7, 11) is 0. The van der Waals surface area contributed by atoms with Crippen LogP contribution < -0.4 is 5.73 Å². The standard InChI is InChI=1S/C10H18N2O5/c11-1-3-16-7-9(13)12-2-4-17-6-8(12)5-10(14)15/h8H,1-7,11H2,(H,14,15). The molecule has 0 aliphatic carbocycles. The summed E-state index contributed by atoms with van der Waals surface area (Å²) in [5, 5.41) is 8.74. The highest BCUT2D eigenvalue weighted by molar-refractivity contribution is 5.79. The highest BCUT2D eigenvalue weighted by Crippen LogP contribution is 2.11. The molecule has 98 valence electrons. The first-order valence-electron chi connectivity index (χ1n) is 5.52. The number of aliphatic carboxylic acids is 1. The minimum absolute atomic E-state index is 0.0622. The molecule has 1 atom stereocenters. The molecule has 0 aromatic heterocycles. The van der Waals surface area contributed by atoms with Gasteiger partial charge in [0, 0.05) is 13.1 Å². The summed E-state index contributed by atoms with van der Waals surface area (Å²) in [4.78, 5) is 23.9. The van der Waals surface area contributed by atoms with Gasteiger partial charge in [0.2, 0.25) is 5.91 Å².